The zero-order valence-electron chi connectivity index (χ0n) is 16.3. The molecule has 2 aliphatic rings. The summed E-state index contributed by atoms with van der Waals surface area (Å²) in [4.78, 5) is 13.3. The average Bonchev–Trinajstić information content (AvgIpc) is 2.72. The summed E-state index contributed by atoms with van der Waals surface area (Å²) in [5.74, 6) is -1.64. The largest absolute Gasteiger partial charge is 0.508 e. The maximum absolute atomic E-state index is 13.3. The van der Waals surface area contributed by atoms with Crippen molar-refractivity contribution in [3.63, 3.8) is 0 Å². The lowest BCUT2D eigenvalue weighted by Gasteiger charge is -2.42. The Morgan fingerprint density at radius 3 is 2.26 bits per heavy atom. The number of carbonyl (C=O) groups is 1. The van der Waals surface area contributed by atoms with Gasteiger partial charge < -0.3 is 44.8 Å². The first-order valence-corrected chi connectivity index (χ1v) is 9.58. The topological polar surface area (TPSA) is 166 Å². The molecule has 10 nitrogen and oxygen atoms in total. The Hall–Kier alpha value is -2.89. The molecule has 0 spiro atoms. The van der Waals surface area contributed by atoms with Crippen LogP contribution in [0.5, 0.6) is 23.0 Å². The number of carbonyl (C=O) groups excluding carboxylic acids is 1. The van der Waals surface area contributed by atoms with Gasteiger partial charge in [-0.05, 0) is 24.6 Å². The molecule has 2 aromatic rings. The lowest BCUT2D eigenvalue weighted by molar-refractivity contribution is -0.304. The number of benzene rings is 2. The number of aliphatic hydroxyl groups excluding tert-OH is 3. The van der Waals surface area contributed by atoms with Gasteiger partial charge in [-0.25, -0.2) is 0 Å². The molecule has 1 fully saturated rings. The Labute approximate surface area is 176 Å². The van der Waals surface area contributed by atoms with Crippen molar-refractivity contribution in [1.29, 1.82) is 0 Å². The highest BCUT2D eigenvalue weighted by Gasteiger charge is 2.48. The Balaban J connectivity index is 1.73. The Bertz CT molecular complexity index is 975. The monoisotopic (exact) mass is 434 g/mol. The fourth-order valence-corrected chi connectivity index (χ4v) is 3.72. The number of ketones is 1. The van der Waals surface area contributed by atoms with E-state index in [-0.39, 0.29) is 22.8 Å². The first-order valence-electron chi connectivity index (χ1n) is 9.58. The van der Waals surface area contributed by atoms with Gasteiger partial charge in [0.2, 0.25) is 5.78 Å². The molecule has 0 aliphatic carbocycles. The fraction of sp³-hybridized carbons (Fsp3) is 0.381. The highest BCUT2D eigenvalue weighted by Crippen LogP contribution is 2.43. The van der Waals surface area contributed by atoms with E-state index in [4.69, 9.17) is 14.2 Å². The molecule has 1 saturated heterocycles. The normalized spacial score (nSPS) is 32.9. The van der Waals surface area contributed by atoms with E-state index in [0.717, 1.165) is 6.07 Å². The number of Topliss-reactive ketones (excluding diaryl/α,β-unsaturated/α-hetero) is 1. The van der Waals surface area contributed by atoms with Crippen LogP contribution in [0, 0.1) is 0 Å². The maximum atomic E-state index is 13.3. The Kier molecular flexibility index (Phi) is 5.50. The SMILES string of the molecule is C[C@@H]1O[C@@H](O[C@H]2C(=O)c3c(O)cc(O)cc3O[C@@H]2c2ccc(O)cc2)[C@H](O)[C@H](O)[C@@H]1O. The van der Waals surface area contributed by atoms with Gasteiger partial charge in [-0.3, -0.25) is 4.79 Å². The van der Waals surface area contributed by atoms with Crippen molar-refractivity contribution in [3.8, 4) is 23.0 Å². The Morgan fingerprint density at radius 1 is 0.903 bits per heavy atom. The van der Waals surface area contributed by atoms with Crippen molar-refractivity contribution in [2.75, 3.05) is 0 Å². The summed E-state index contributed by atoms with van der Waals surface area (Å²) in [6.07, 6.45) is -9.49. The van der Waals surface area contributed by atoms with E-state index in [9.17, 15) is 35.4 Å². The minimum atomic E-state index is -1.66. The fourth-order valence-electron chi connectivity index (χ4n) is 3.72. The van der Waals surface area contributed by atoms with E-state index in [2.05, 4.69) is 0 Å². The van der Waals surface area contributed by atoms with E-state index in [0.29, 0.717) is 5.56 Å². The minimum Gasteiger partial charge on any atom is -0.508 e. The molecule has 10 heteroatoms. The van der Waals surface area contributed by atoms with Crippen LogP contribution in [0.4, 0.5) is 0 Å². The molecule has 0 unspecified atom stereocenters. The van der Waals surface area contributed by atoms with Crippen LogP contribution in [0.2, 0.25) is 0 Å². The predicted molar refractivity (Wildman–Crippen MR) is 103 cm³/mol. The number of fused-ring (bicyclic) bond motifs is 1. The second-order valence-electron chi connectivity index (χ2n) is 7.57. The summed E-state index contributed by atoms with van der Waals surface area (Å²) in [5.41, 5.74) is 0.195. The van der Waals surface area contributed by atoms with Crippen LogP contribution in [0.3, 0.4) is 0 Å². The van der Waals surface area contributed by atoms with Crippen LogP contribution < -0.4 is 4.74 Å². The van der Waals surface area contributed by atoms with E-state index in [1.54, 1.807) is 0 Å². The molecule has 0 radical (unpaired) electrons. The number of aliphatic hydroxyl groups is 3. The molecular formula is C21H22O10. The number of phenols is 3. The molecule has 0 aromatic heterocycles. The third kappa shape index (κ3) is 3.80. The number of hydrogen-bond donors (Lipinski definition) is 6. The highest BCUT2D eigenvalue weighted by atomic mass is 16.7. The molecule has 0 saturated carbocycles. The smallest absolute Gasteiger partial charge is 0.203 e. The third-order valence-electron chi connectivity index (χ3n) is 5.41. The van der Waals surface area contributed by atoms with Gasteiger partial charge in [0.1, 0.15) is 46.9 Å². The van der Waals surface area contributed by atoms with Crippen molar-refractivity contribution < 1.29 is 49.6 Å². The van der Waals surface area contributed by atoms with Crippen LogP contribution in [-0.4, -0.2) is 73.2 Å². The van der Waals surface area contributed by atoms with Gasteiger partial charge in [-0.15, -0.1) is 0 Å². The van der Waals surface area contributed by atoms with E-state index < -0.39 is 54.4 Å². The minimum absolute atomic E-state index is 0.0176. The highest BCUT2D eigenvalue weighted by molar-refractivity contribution is 6.05. The second-order valence-corrected chi connectivity index (χ2v) is 7.57. The van der Waals surface area contributed by atoms with Gasteiger partial charge in [0, 0.05) is 12.1 Å². The van der Waals surface area contributed by atoms with Gasteiger partial charge in [0.05, 0.1) is 6.10 Å². The van der Waals surface area contributed by atoms with Gasteiger partial charge in [0.25, 0.3) is 0 Å². The van der Waals surface area contributed by atoms with Crippen molar-refractivity contribution >= 4 is 5.78 Å². The van der Waals surface area contributed by atoms with Gasteiger partial charge in [-0.2, -0.15) is 0 Å². The number of rotatable bonds is 3. The van der Waals surface area contributed by atoms with E-state index in [1.165, 1.54) is 37.3 Å². The molecule has 0 bridgehead atoms. The quantitative estimate of drug-likeness (QED) is 0.396. The molecule has 166 valence electrons. The van der Waals surface area contributed by atoms with Crippen LogP contribution in [0.1, 0.15) is 28.9 Å². The maximum Gasteiger partial charge on any atom is 0.203 e. The summed E-state index contributed by atoms with van der Waals surface area (Å²) >= 11 is 0. The molecular weight excluding hydrogens is 412 g/mol. The molecule has 0 amide bonds. The molecule has 2 aromatic carbocycles. The number of aromatic hydroxyl groups is 3. The van der Waals surface area contributed by atoms with Gasteiger partial charge >= 0.3 is 0 Å². The summed E-state index contributed by atoms with van der Waals surface area (Å²) in [6, 6.07) is 7.90. The first kappa shape index (κ1) is 21.3. The average molecular weight is 434 g/mol. The number of hydrogen-bond acceptors (Lipinski definition) is 10. The van der Waals surface area contributed by atoms with Crippen molar-refractivity contribution in [2.45, 2.75) is 49.8 Å². The van der Waals surface area contributed by atoms with Gasteiger partial charge in [-0.1, -0.05) is 12.1 Å². The zero-order valence-corrected chi connectivity index (χ0v) is 16.3. The van der Waals surface area contributed by atoms with Gasteiger partial charge in [0.15, 0.2) is 18.5 Å². The molecule has 2 aliphatic heterocycles. The lowest BCUT2D eigenvalue weighted by atomic mass is 9.92. The molecule has 31 heavy (non-hydrogen) atoms. The number of phenolic OH excluding ortho intramolecular Hbond substituents is 3. The first-order chi connectivity index (χ1) is 14.7. The second kappa shape index (κ2) is 7.98. The van der Waals surface area contributed by atoms with Crippen LogP contribution in [0.15, 0.2) is 36.4 Å². The van der Waals surface area contributed by atoms with Crippen molar-refractivity contribution in [2.24, 2.45) is 0 Å². The number of ether oxygens (including phenoxy) is 3. The molecule has 4 rings (SSSR count). The lowest BCUT2D eigenvalue weighted by Crippen LogP contribution is -2.59. The standard InChI is InChI=1S/C21H22O10/c1-8-15(25)17(27)18(28)21(29-8)31-20-16(26)14-12(24)6-11(23)7-13(14)30-19(20)9-2-4-10(22)5-3-9/h2-8,15,17-25,27-28H,1H3/t8-,15+,17+,18+,19+,20-,21-/m0/s1. The summed E-state index contributed by atoms with van der Waals surface area (Å²) in [5, 5.41) is 59.8. The molecule has 2 heterocycles. The third-order valence-corrected chi connectivity index (χ3v) is 5.41. The van der Waals surface area contributed by atoms with Crippen LogP contribution in [-0.2, 0) is 9.47 Å². The summed E-state index contributed by atoms with van der Waals surface area (Å²) < 4.78 is 17.0. The molecule has 6 N–H and O–H groups in total. The molecule has 7 atom stereocenters. The van der Waals surface area contributed by atoms with Crippen molar-refractivity contribution in [3.05, 3.63) is 47.5 Å². The Morgan fingerprint density at radius 2 is 1.58 bits per heavy atom. The summed E-state index contributed by atoms with van der Waals surface area (Å²) in [6.45, 7) is 1.47. The summed E-state index contributed by atoms with van der Waals surface area (Å²) in [7, 11) is 0. The predicted octanol–water partition coefficient (Wildman–Crippen LogP) is 0.332. The van der Waals surface area contributed by atoms with E-state index in [1.807, 2.05) is 0 Å². The zero-order chi connectivity index (χ0) is 22.4. The van der Waals surface area contributed by atoms with Crippen LogP contribution >= 0.6 is 0 Å². The van der Waals surface area contributed by atoms with E-state index >= 15 is 0 Å². The van der Waals surface area contributed by atoms with Crippen LogP contribution in [0.25, 0.3) is 0 Å². The van der Waals surface area contributed by atoms with Crippen molar-refractivity contribution in [1.82, 2.24) is 0 Å².